The van der Waals surface area contributed by atoms with E-state index in [-0.39, 0.29) is 28.9 Å². The van der Waals surface area contributed by atoms with Gasteiger partial charge in [0.25, 0.3) is 5.91 Å². The minimum atomic E-state index is -0.543. The molecule has 2 aliphatic rings. The SMILES string of the molecule is Cl.O=C(c1cccc(F)c1Cl)N1CCN(C2CCNC2)CC1. The largest absolute Gasteiger partial charge is 0.336 e. The molecule has 1 N–H and O–H groups in total. The predicted octanol–water partition coefficient (Wildman–Crippen LogP) is 2.02. The van der Waals surface area contributed by atoms with Crippen molar-refractivity contribution >= 4 is 29.9 Å². The van der Waals surface area contributed by atoms with E-state index in [4.69, 9.17) is 11.6 Å². The molecule has 0 bridgehead atoms. The van der Waals surface area contributed by atoms with Crippen molar-refractivity contribution in [3.8, 4) is 0 Å². The number of hydrogen-bond acceptors (Lipinski definition) is 3. The average molecular weight is 348 g/mol. The molecule has 0 aromatic heterocycles. The number of amides is 1. The van der Waals surface area contributed by atoms with Gasteiger partial charge >= 0.3 is 0 Å². The van der Waals surface area contributed by atoms with Crippen LogP contribution in [-0.4, -0.2) is 61.0 Å². The average Bonchev–Trinajstić information content (AvgIpc) is 3.04. The van der Waals surface area contributed by atoms with Gasteiger partial charge in [-0.2, -0.15) is 0 Å². The third-order valence-electron chi connectivity index (χ3n) is 4.33. The molecule has 0 aliphatic carbocycles. The summed E-state index contributed by atoms with van der Waals surface area (Å²) < 4.78 is 13.5. The van der Waals surface area contributed by atoms with Crippen LogP contribution >= 0.6 is 24.0 Å². The van der Waals surface area contributed by atoms with Gasteiger partial charge in [-0.1, -0.05) is 17.7 Å². The lowest BCUT2D eigenvalue weighted by Crippen LogP contribution is -2.52. The summed E-state index contributed by atoms with van der Waals surface area (Å²) in [7, 11) is 0. The number of benzene rings is 1. The van der Waals surface area contributed by atoms with Crippen LogP contribution in [0.5, 0.6) is 0 Å². The lowest BCUT2D eigenvalue weighted by molar-refractivity contribution is 0.0583. The second-order valence-corrected chi connectivity index (χ2v) is 5.95. The standard InChI is InChI=1S/C15H19ClFN3O.ClH/c16-14-12(2-1-3-13(14)17)15(21)20-8-6-19(7-9-20)11-4-5-18-10-11;/h1-3,11,18H,4-10H2;1H. The van der Waals surface area contributed by atoms with Crippen LogP contribution in [0.15, 0.2) is 18.2 Å². The van der Waals surface area contributed by atoms with Gasteiger partial charge in [0, 0.05) is 38.8 Å². The fourth-order valence-electron chi connectivity index (χ4n) is 3.08. The van der Waals surface area contributed by atoms with Crippen molar-refractivity contribution in [2.24, 2.45) is 0 Å². The fraction of sp³-hybridized carbons (Fsp3) is 0.533. The molecule has 122 valence electrons. The highest BCUT2D eigenvalue weighted by Crippen LogP contribution is 2.22. The number of carbonyl (C=O) groups is 1. The predicted molar refractivity (Wildman–Crippen MR) is 87.4 cm³/mol. The smallest absolute Gasteiger partial charge is 0.255 e. The molecule has 2 fully saturated rings. The Morgan fingerprint density at radius 3 is 2.64 bits per heavy atom. The molecule has 22 heavy (non-hydrogen) atoms. The lowest BCUT2D eigenvalue weighted by atomic mass is 10.1. The zero-order valence-electron chi connectivity index (χ0n) is 12.2. The van der Waals surface area contributed by atoms with Crippen molar-refractivity contribution < 1.29 is 9.18 Å². The highest BCUT2D eigenvalue weighted by atomic mass is 35.5. The van der Waals surface area contributed by atoms with Crippen molar-refractivity contribution in [1.82, 2.24) is 15.1 Å². The van der Waals surface area contributed by atoms with E-state index in [2.05, 4.69) is 10.2 Å². The van der Waals surface area contributed by atoms with E-state index in [0.29, 0.717) is 19.1 Å². The fourth-order valence-corrected chi connectivity index (χ4v) is 3.29. The van der Waals surface area contributed by atoms with Crippen LogP contribution in [0.3, 0.4) is 0 Å². The molecular weight excluding hydrogens is 328 g/mol. The van der Waals surface area contributed by atoms with Gasteiger partial charge in [-0.05, 0) is 25.1 Å². The van der Waals surface area contributed by atoms with E-state index in [1.165, 1.54) is 18.6 Å². The Morgan fingerprint density at radius 2 is 2.00 bits per heavy atom. The summed E-state index contributed by atoms with van der Waals surface area (Å²) in [5.41, 5.74) is 0.257. The Hall–Kier alpha value is -0.880. The van der Waals surface area contributed by atoms with Crippen LogP contribution in [0.4, 0.5) is 4.39 Å². The third kappa shape index (κ3) is 3.54. The van der Waals surface area contributed by atoms with Gasteiger partial charge in [-0.25, -0.2) is 4.39 Å². The Balaban J connectivity index is 0.00000176. The maximum Gasteiger partial charge on any atom is 0.255 e. The minimum absolute atomic E-state index is 0. The van der Waals surface area contributed by atoms with E-state index in [9.17, 15) is 9.18 Å². The van der Waals surface area contributed by atoms with Gasteiger partial charge in [0.15, 0.2) is 0 Å². The van der Waals surface area contributed by atoms with Gasteiger partial charge < -0.3 is 10.2 Å². The molecule has 1 aromatic carbocycles. The van der Waals surface area contributed by atoms with Crippen LogP contribution in [0.1, 0.15) is 16.8 Å². The van der Waals surface area contributed by atoms with Gasteiger partial charge in [0.05, 0.1) is 10.6 Å². The Morgan fingerprint density at radius 1 is 1.27 bits per heavy atom. The van der Waals surface area contributed by atoms with E-state index in [1.807, 2.05) is 0 Å². The van der Waals surface area contributed by atoms with Crippen LogP contribution in [0.2, 0.25) is 5.02 Å². The zero-order chi connectivity index (χ0) is 14.8. The summed E-state index contributed by atoms with van der Waals surface area (Å²) in [6.45, 7) is 5.17. The number of nitrogens with one attached hydrogen (secondary N) is 1. The van der Waals surface area contributed by atoms with Gasteiger partial charge in [0.1, 0.15) is 5.82 Å². The molecule has 2 saturated heterocycles. The summed E-state index contributed by atoms with van der Waals surface area (Å²) in [5.74, 6) is -0.720. The first-order valence-corrected chi connectivity index (χ1v) is 7.72. The zero-order valence-corrected chi connectivity index (χ0v) is 13.8. The van der Waals surface area contributed by atoms with Crippen LogP contribution in [0, 0.1) is 5.82 Å². The third-order valence-corrected chi connectivity index (χ3v) is 4.72. The second-order valence-electron chi connectivity index (χ2n) is 5.58. The lowest BCUT2D eigenvalue weighted by Gasteiger charge is -2.37. The van der Waals surface area contributed by atoms with Crippen molar-refractivity contribution in [3.63, 3.8) is 0 Å². The van der Waals surface area contributed by atoms with Gasteiger partial charge in [0.2, 0.25) is 0 Å². The van der Waals surface area contributed by atoms with Gasteiger partial charge in [-0.3, -0.25) is 9.69 Å². The summed E-state index contributed by atoms with van der Waals surface area (Å²) >= 11 is 5.90. The van der Waals surface area contributed by atoms with Crippen molar-refractivity contribution in [2.75, 3.05) is 39.3 Å². The highest BCUT2D eigenvalue weighted by Gasteiger charge is 2.29. The number of piperazine rings is 1. The maximum atomic E-state index is 13.5. The summed E-state index contributed by atoms with van der Waals surface area (Å²) in [6, 6.07) is 4.96. The Kier molecular flexibility index (Phi) is 6.03. The van der Waals surface area contributed by atoms with E-state index in [0.717, 1.165) is 26.2 Å². The molecule has 1 amide bonds. The quantitative estimate of drug-likeness (QED) is 0.888. The molecule has 1 aromatic rings. The van der Waals surface area contributed by atoms with Crippen molar-refractivity contribution in [2.45, 2.75) is 12.5 Å². The summed E-state index contributed by atoms with van der Waals surface area (Å²) in [5, 5.41) is 3.28. The maximum absolute atomic E-state index is 13.5. The minimum Gasteiger partial charge on any atom is -0.336 e. The first-order valence-electron chi connectivity index (χ1n) is 7.35. The van der Waals surface area contributed by atoms with Crippen molar-refractivity contribution in [1.29, 1.82) is 0 Å². The molecule has 4 nitrogen and oxygen atoms in total. The van der Waals surface area contributed by atoms with E-state index in [1.54, 1.807) is 11.0 Å². The number of nitrogens with zero attached hydrogens (tertiary/aromatic N) is 2. The summed E-state index contributed by atoms with van der Waals surface area (Å²) in [6.07, 6.45) is 1.17. The topological polar surface area (TPSA) is 35.6 Å². The van der Waals surface area contributed by atoms with E-state index < -0.39 is 5.82 Å². The van der Waals surface area contributed by atoms with Crippen LogP contribution in [-0.2, 0) is 0 Å². The van der Waals surface area contributed by atoms with E-state index >= 15 is 0 Å². The molecule has 0 spiro atoms. The van der Waals surface area contributed by atoms with Crippen LogP contribution in [0.25, 0.3) is 0 Å². The monoisotopic (exact) mass is 347 g/mol. The Labute approximate surface area is 141 Å². The first kappa shape index (κ1) is 17.5. The number of hydrogen-bond donors (Lipinski definition) is 1. The first-order chi connectivity index (χ1) is 10.2. The molecule has 1 atom stereocenters. The normalized spacial score (nSPS) is 22.5. The molecule has 0 radical (unpaired) electrons. The second kappa shape index (κ2) is 7.59. The van der Waals surface area contributed by atoms with Crippen molar-refractivity contribution in [3.05, 3.63) is 34.6 Å². The molecule has 2 aliphatic heterocycles. The van der Waals surface area contributed by atoms with Crippen LogP contribution < -0.4 is 5.32 Å². The summed E-state index contributed by atoms with van der Waals surface area (Å²) in [4.78, 5) is 16.6. The Bertz CT molecular complexity index is 530. The number of halogens is 3. The van der Waals surface area contributed by atoms with Gasteiger partial charge in [-0.15, -0.1) is 12.4 Å². The molecule has 1 unspecified atom stereocenters. The molecule has 7 heteroatoms. The molecule has 0 saturated carbocycles. The highest BCUT2D eigenvalue weighted by molar-refractivity contribution is 6.34. The molecule has 2 heterocycles. The number of carbonyl (C=O) groups excluding carboxylic acids is 1. The number of rotatable bonds is 2. The molecule has 3 rings (SSSR count). The molecular formula is C15H20Cl2FN3O.